The number of methoxy groups -OCH3 is 2. The van der Waals surface area contributed by atoms with E-state index in [1.165, 1.54) is 0 Å². The van der Waals surface area contributed by atoms with E-state index in [1.807, 2.05) is 36.4 Å². The van der Waals surface area contributed by atoms with Crippen LogP contribution in [-0.4, -0.2) is 31.7 Å². The molecule has 5 nitrogen and oxygen atoms in total. The maximum absolute atomic E-state index is 12.3. The number of rotatable bonds is 8. The van der Waals surface area contributed by atoms with Crippen molar-refractivity contribution in [3.05, 3.63) is 59.9 Å². The predicted molar refractivity (Wildman–Crippen MR) is 88.3 cm³/mol. The summed E-state index contributed by atoms with van der Waals surface area (Å²) in [4.78, 5) is 16.4. The van der Waals surface area contributed by atoms with Gasteiger partial charge in [0.1, 0.15) is 5.75 Å². The Hall–Kier alpha value is -2.40. The molecule has 0 aliphatic carbocycles. The second kappa shape index (κ2) is 8.90. The van der Waals surface area contributed by atoms with Crippen molar-refractivity contribution in [2.75, 3.05) is 20.8 Å². The van der Waals surface area contributed by atoms with Gasteiger partial charge in [0.25, 0.3) is 0 Å². The third-order valence-corrected chi connectivity index (χ3v) is 3.56. The summed E-state index contributed by atoms with van der Waals surface area (Å²) in [5.74, 6) is 0.752. The Morgan fingerprint density at radius 1 is 1.22 bits per heavy atom. The Labute approximate surface area is 136 Å². The first kappa shape index (κ1) is 17.0. The number of hydrogen-bond donors (Lipinski definition) is 1. The molecule has 2 rings (SSSR count). The highest BCUT2D eigenvalue weighted by molar-refractivity contribution is 5.79. The molecule has 0 fully saturated rings. The maximum atomic E-state index is 12.3. The van der Waals surface area contributed by atoms with Crippen LogP contribution in [-0.2, 0) is 16.0 Å². The lowest BCUT2D eigenvalue weighted by Gasteiger charge is -2.18. The number of benzene rings is 1. The SMILES string of the molecule is COCCC(NC(=O)Cc1ccc(OC)cc1)c1cccnc1. The number of ether oxygens (including phenoxy) is 2. The summed E-state index contributed by atoms with van der Waals surface area (Å²) in [6.45, 7) is 0.572. The van der Waals surface area contributed by atoms with Crippen LogP contribution in [0, 0.1) is 0 Å². The van der Waals surface area contributed by atoms with Gasteiger partial charge in [-0.05, 0) is 35.7 Å². The number of pyridine rings is 1. The molecule has 122 valence electrons. The third kappa shape index (κ3) is 5.38. The Morgan fingerprint density at radius 3 is 2.61 bits per heavy atom. The van der Waals surface area contributed by atoms with Crippen molar-refractivity contribution in [2.45, 2.75) is 18.9 Å². The first-order valence-corrected chi connectivity index (χ1v) is 7.54. The highest BCUT2D eigenvalue weighted by Gasteiger charge is 2.15. The molecule has 1 heterocycles. The zero-order valence-corrected chi connectivity index (χ0v) is 13.5. The highest BCUT2D eigenvalue weighted by atomic mass is 16.5. The van der Waals surface area contributed by atoms with Gasteiger partial charge in [0, 0.05) is 26.1 Å². The molecule has 1 unspecified atom stereocenters. The zero-order chi connectivity index (χ0) is 16.5. The van der Waals surface area contributed by atoms with E-state index in [0.717, 1.165) is 16.9 Å². The molecular weight excluding hydrogens is 292 g/mol. The molecule has 0 saturated carbocycles. The van der Waals surface area contributed by atoms with Crippen LogP contribution in [0.3, 0.4) is 0 Å². The largest absolute Gasteiger partial charge is 0.497 e. The van der Waals surface area contributed by atoms with E-state index in [2.05, 4.69) is 10.3 Å². The average molecular weight is 314 g/mol. The topological polar surface area (TPSA) is 60.5 Å². The summed E-state index contributed by atoms with van der Waals surface area (Å²) in [6.07, 6.45) is 4.52. The Kier molecular flexibility index (Phi) is 6.56. The normalized spacial score (nSPS) is 11.7. The number of hydrogen-bond acceptors (Lipinski definition) is 4. The molecule has 5 heteroatoms. The van der Waals surface area contributed by atoms with Gasteiger partial charge in [0.05, 0.1) is 19.6 Å². The molecule has 1 N–H and O–H groups in total. The van der Waals surface area contributed by atoms with Crippen LogP contribution < -0.4 is 10.1 Å². The van der Waals surface area contributed by atoms with Crippen LogP contribution >= 0.6 is 0 Å². The standard InChI is InChI=1S/C18H22N2O3/c1-22-11-9-17(15-4-3-10-19-13-15)20-18(21)12-14-5-7-16(23-2)8-6-14/h3-8,10,13,17H,9,11-12H2,1-2H3,(H,20,21). The molecule has 0 bridgehead atoms. The lowest BCUT2D eigenvalue weighted by molar-refractivity contribution is -0.121. The van der Waals surface area contributed by atoms with E-state index in [-0.39, 0.29) is 11.9 Å². The van der Waals surface area contributed by atoms with Crippen molar-refractivity contribution in [2.24, 2.45) is 0 Å². The highest BCUT2D eigenvalue weighted by Crippen LogP contribution is 2.16. The number of nitrogens with one attached hydrogen (secondary N) is 1. The van der Waals surface area contributed by atoms with Gasteiger partial charge in [0.2, 0.25) is 5.91 Å². The van der Waals surface area contributed by atoms with Crippen molar-refractivity contribution < 1.29 is 14.3 Å². The monoisotopic (exact) mass is 314 g/mol. The van der Waals surface area contributed by atoms with Crippen molar-refractivity contribution >= 4 is 5.91 Å². The molecule has 1 amide bonds. The van der Waals surface area contributed by atoms with Crippen LogP contribution in [0.1, 0.15) is 23.6 Å². The quantitative estimate of drug-likeness (QED) is 0.813. The minimum Gasteiger partial charge on any atom is -0.497 e. The molecule has 0 spiro atoms. The summed E-state index contributed by atoms with van der Waals surface area (Å²) in [5, 5.41) is 3.06. The van der Waals surface area contributed by atoms with Crippen LogP contribution in [0.2, 0.25) is 0 Å². The van der Waals surface area contributed by atoms with E-state index >= 15 is 0 Å². The summed E-state index contributed by atoms with van der Waals surface area (Å²) in [5.41, 5.74) is 1.92. The van der Waals surface area contributed by atoms with Gasteiger partial charge < -0.3 is 14.8 Å². The molecule has 1 atom stereocenters. The van der Waals surface area contributed by atoms with Gasteiger partial charge in [-0.1, -0.05) is 18.2 Å². The molecule has 1 aromatic heterocycles. The molecular formula is C18H22N2O3. The zero-order valence-electron chi connectivity index (χ0n) is 13.5. The van der Waals surface area contributed by atoms with E-state index in [9.17, 15) is 4.79 Å². The average Bonchev–Trinajstić information content (AvgIpc) is 2.60. The molecule has 0 aliphatic heterocycles. The Balaban J connectivity index is 1.98. The second-order valence-electron chi connectivity index (χ2n) is 5.21. The lowest BCUT2D eigenvalue weighted by atomic mass is 10.1. The fraction of sp³-hybridized carbons (Fsp3) is 0.333. The third-order valence-electron chi connectivity index (χ3n) is 3.56. The second-order valence-corrected chi connectivity index (χ2v) is 5.21. The minimum atomic E-state index is -0.102. The van der Waals surface area contributed by atoms with Gasteiger partial charge in [0.15, 0.2) is 0 Å². The number of amides is 1. The van der Waals surface area contributed by atoms with Crippen molar-refractivity contribution in [3.63, 3.8) is 0 Å². The predicted octanol–water partition coefficient (Wildman–Crippen LogP) is 2.53. The molecule has 0 radical (unpaired) electrons. The van der Waals surface area contributed by atoms with Crippen molar-refractivity contribution in [1.82, 2.24) is 10.3 Å². The van der Waals surface area contributed by atoms with E-state index in [1.54, 1.807) is 26.6 Å². The number of aromatic nitrogens is 1. The van der Waals surface area contributed by atoms with Gasteiger partial charge >= 0.3 is 0 Å². The first-order valence-electron chi connectivity index (χ1n) is 7.54. The van der Waals surface area contributed by atoms with Crippen molar-refractivity contribution in [3.8, 4) is 5.75 Å². The minimum absolute atomic E-state index is 0.0277. The molecule has 2 aromatic rings. The fourth-order valence-electron chi connectivity index (χ4n) is 2.31. The van der Waals surface area contributed by atoms with E-state index in [4.69, 9.17) is 9.47 Å². The summed E-state index contributed by atoms with van der Waals surface area (Å²) in [6, 6.07) is 11.2. The van der Waals surface area contributed by atoms with Gasteiger partial charge in [-0.25, -0.2) is 0 Å². The van der Waals surface area contributed by atoms with Crippen molar-refractivity contribution in [1.29, 1.82) is 0 Å². The van der Waals surface area contributed by atoms with E-state index < -0.39 is 0 Å². The molecule has 0 aliphatic rings. The fourth-order valence-corrected chi connectivity index (χ4v) is 2.31. The smallest absolute Gasteiger partial charge is 0.224 e. The van der Waals surface area contributed by atoms with Crippen LogP contribution in [0.4, 0.5) is 0 Å². The lowest BCUT2D eigenvalue weighted by Crippen LogP contribution is -2.30. The Bertz CT molecular complexity index is 599. The van der Waals surface area contributed by atoms with E-state index in [0.29, 0.717) is 19.4 Å². The van der Waals surface area contributed by atoms with Gasteiger partial charge in [-0.2, -0.15) is 0 Å². The van der Waals surface area contributed by atoms with Crippen LogP contribution in [0.15, 0.2) is 48.8 Å². The van der Waals surface area contributed by atoms with Gasteiger partial charge in [-0.3, -0.25) is 9.78 Å². The first-order chi connectivity index (χ1) is 11.2. The van der Waals surface area contributed by atoms with Crippen LogP contribution in [0.25, 0.3) is 0 Å². The summed E-state index contributed by atoms with van der Waals surface area (Å²) >= 11 is 0. The number of carbonyl (C=O) groups excluding carboxylic acids is 1. The maximum Gasteiger partial charge on any atom is 0.224 e. The Morgan fingerprint density at radius 2 is 2.00 bits per heavy atom. The molecule has 0 saturated heterocycles. The summed E-state index contributed by atoms with van der Waals surface area (Å²) < 4.78 is 10.3. The number of carbonyl (C=O) groups is 1. The molecule has 23 heavy (non-hydrogen) atoms. The number of nitrogens with zero attached hydrogens (tertiary/aromatic N) is 1. The molecule has 1 aromatic carbocycles. The van der Waals surface area contributed by atoms with Crippen LogP contribution in [0.5, 0.6) is 5.75 Å². The van der Waals surface area contributed by atoms with Gasteiger partial charge in [-0.15, -0.1) is 0 Å². The summed E-state index contributed by atoms with van der Waals surface area (Å²) in [7, 11) is 3.27.